The van der Waals surface area contributed by atoms with Crippen molar-refractivity contribution in [2.45, 2.75) is 20.8 Å². The summed E-state index contributed by atoms with van der Waals surface area (Å²) < 4.78 is 0. The minimum absolute atomic E-state index is 0.130. The summed E-state index contributed by atoms with van der Waals surface area (Å²) in [5.74, 6) is -1.07. The number of nitrogens with one attached hydrogen (secondary N) is 2. The highest BCUT2D eigenvalue weighted by Gasteiger charge is 2.18. The summed E-state index contributed by atoms with van der Waals surface area (Å²) in [6.07, 6.45) is 0. The lowest BCUT2D eigenvalue weighted by atomic mass is 10.1. The van der Waals surface area contributed by atoms with E-state index in [-0.39, 0.29) is 16.8 Å². The molecule has 0 atom stereocenters. The van der Waals surface area contributed by atoms with Crippen LogP contribution < -0.4 is 10.9 Å². The molecule has 0 fully saturated rings. The molecule has 0 heterocycles. The molecule has 0 aliphatic rings. The molecular weight excluding hydrogens is 310 g/mol. The molecule has 124 valence electrons. The molecular formula is C17H17N3O4. The summed E-state index contributed by atoms with van der Waals surface area (Å²) in [5, 5.41) is 10.9. The van der Waals surface area contributed by atoms with Gasteiger partial charge in [-0.3, -0.25) is 30.6 Å². The zero-order chi connectivity index (χ0) is 17.9. The number of nitro groups is 1. The second-order valence-corrected chi connectivity index (χ2v) is 5.43. The molecule has 2 aromatic rings. The number of carbonyl (C=O) groups excluding carboxylic acids is 2. The van der Waals surface area contributed by atoms with Gasteiger partial charge in [0, 0.05) is 17.2 Å². The predicted molar refractivity (Wildman–Crippen MR) is 88.7 cm³/mol. The normalized spacial score (nSPS) is 10.1. The van der Waals surface area contributed by atoms with Gasteiger partial charge in [-0.25, -0.2) is 0 Å². The van der Waals surface area contributed by atoms with Crippen LogP contribution in [-0.4, -0.2) is 16.7 Å². The van der Waals surface area contributed by atoms with Crippen molar-refractivity contribution < 1.29 is 14.5 Å². The number of nitro benzene ring substituents is 1. The molecule has 2 rings (SSSR count). The highest BCUT2D eigenvalue weighted by molar-refractivity contribution is 6.00. The average molecular weight is 327 g/mol. The minimum atomic E-state index is -0.616. The summed E-state index contributed by atoms with van der Waals surface area (Å²) in [4.78, 5) is 34.7. The van der Waals surface area contributed by atoms with Gasteiger partial charge in [-0.2, -0.15) is 0 Å². The summed E-state index contributed by atoms with van der Waals surface area (Å²) in [6, 6.07) is 9.54. The Bertz CT molecular complexity index is 831. The molecule has 0 spiro atoms. The Kier molecular flexibility index (Phi) is 4.93. The van der Waals surface area contributed by atoms with Crippen molar-refractivity contribution >= 4 is 17.5 Å². The molecule has 0 bridgehead atoms. The maximum Gasteiger partial charge on any atom is 0.273 e. The molecule has 0 aromatic heterocycles. The van der Waals surface area contributed by atoms with Crippen LogP contribution in [0.15, 0.2) is 36.4 Å². The van der Waals surface area contributed by atoms with E-state index >= 15 is 0 Å². The number of carbonyl (C=O) groups is 2. The number of hydrogen-bond acceptors (Lipinski definition) is 4. The van der Waals surface area contributed by atoms with Gasteiger partial charge in [0.1, 0.15) is 0 Å². The van der Waals surface area contributed by atoms with Crippen LogP contribution in [-0.2, 0) is 0 Å². The number of benzene rings is 2. The van der Waals surface area contributed by atoms with Crippen LogP contribution in [0, 0.1) is 30.9 Å². The van der Waals surface area contributed by atoms with Crippen LogP contribution in [0.4, 0.5) is 5.69 Å². The summed E-state index contributed by atoms with van der Waals surface area (Å²) in [5.41, 5.74) is 7.08. The smallest absolute Gasteiger partial charge is 0.267 e. The lowest BCUT2D eigenvalue weighted by Crippen LogP contribution is -2.42. The number of hydrogen-bond donors (Lipinski definition) is 2. The van der Waals surface area contributed by atoms with Crippen LogP contribution in [0.3, 0.4) is 0 Å². The third-order valence-corrected chi connectivity index (χ3v) is 3.66. The third-order valence-electron chi connectivity index (χ3n) is 3.66. The van der Waals surface area contributed by atoms with E-state index in [1.54, 1.807) is 19.1 Å². The zero-order valence-electron chi connectivity index (χ0n) is 13.5. The van der Waals surface area contributed by atoms with Crippen molar-refractivity contribution in [3.63, 3.8) is 0 Å². The Morgan fingerprint density at radius 2 is 1.58 bits per heavy atom. The molecule has 2 N–H and O–H groups in total. The third kappa shape index (κ3) is 3.57. The highest BCUT2D eigenvalue weighted by Crippen LogP contribution is 2.20. The van der Waals surface area contributed by atoms with Crippen molar-refractivity contribution in [1.29, 1.82) is 0 Å². The largest absolute Gasteiger partial charge is 0.273 e. The molecule has 2 aromatic carbocycles. The van der Waals surface area contributed by atoms with E-state index in [2.05, 4.69) is 10.9 Å². The Morgan fingerprint density at radius 1 is 0.958 bits per heavy atom. The first-order valence-corrected chi connectivity index (χ1v) is 7.23. The van der Waals surface area contributed by atoms with Crippen LogP contribution in [0.5, 0.6) is 0 Å². The topological polar surface area (TPSA) is 101 Å². The monoisotopic (exact) mass is 327 g/mol. The fourth-order valence-electron chi connectivity index (χ4n) is 2.38. The van der Waals surface area contributed by atoms with Crippen molar-refractivity contribution in [1.82, 2.24) is 10.9 Å². The summed E-state index contributed by atoms with van der Waals surface area (Å²) in [7, 11) is 0. The summed E-state index contributed by atoms with van der Waals surface area (Å²) in [6.45, 7) is 5.20. The van der Waals surface area contributed by atoms with Gasteiger partial charge in [-0.15, -0.1) is 0 Å². The first-order chi connectivity index (χ1) is 11.3. The quantitative estimate of drug-likeness (QED) is 0.668. The van der Waals surface area contributed by atoms with Crippen molar-refractivity contribution in [2.75, 3.05) is 0 Å². The van der Waals surface area contributed by atoms with Gasteiger partial charge in [-0.1, -0.05) is 23.8 Å². The molecule has 0 unspecified atom stereocenters. The maximum atomic E-state index is 12.2. The predicted octanol–water partition coefficient (Wildman–Crippen LogP) is 2.59. The van der Waals surface area contributed by atoms with E-state index in [1.807, 2.05) is 13.0 Å². The Labute approximate surface area is 138 Å². The first-order valence-electron chi connectivity index (χ1n) is 7.23. The van der Waals surface area contributed by atoms with Gasteiger partial charge in [-0.05, 0) is 38.5 Å². The van der Waals surface area contributed by atoms with E-state index in [0.29, 0.717) is 5.56 Å². The van der Waals surface area contributed by atoms with Crippen LogP contribution in [0.25, 0.3) is 0 Å². The number of nitrogens with zero attached hydrogens (tertiary/aromatic N) is 1. The number of amides is 2. The molecule has 7 heteroatoms. The van der Waals surface area contributed by atoms with Crippen LogP contribution in [0.2, 0.25) is 0 Å². The fourth-order valence-corrected chi connectivity index (χ4v) is 2.38. The molecule has 0 saturated heterocycles. The lowest BCUT2D eigenvalue weighted by molar-refractivity contribution is -0.385. The standard InChI is InChI=1S/C17H17N3O4/c1-10-7-8-13(11(2)9-10)16(21)18-19-17(22)14-5-4-6-15(12(14)3)20(23)24/h4-9H,1-3H3,(H,18,21)(H,19,22). The number of aryl methyl sites for hydroxylation is 2. The average Bonchev–Trinajstić information content (AvgIpc) is 2.52. The van der Waals surface area contributed by atoms with Gasteiger partial charge < -0.3 is 0 Å². The lowest BCUT2D eigenvalue weighted by Gasteiger charge is -2.11. The molecule has 2 amide bonds. The molecule has 0 aliphatic heterocycles. The molecule has 24 heavy (non-hydrogen) atoms. The minimum Gasteiger partial charge on any atom is -0.267 e. The van der Waals surface area contributed by atoms with Gasteiger partial charge in [0.2, 0.25) is 0 Å². The molecule has 7 nitrogen and oxygen atoms in total. The van der Waals surface area contributed by atoms with E-state index in [9.17, 15) is 19.7 Å². The second kappa shape index (κ2) is 6.91. The van der Waals surface area contributed by atoms with Crippen molar-refractivity contribution in [3.05, 3.63) is 74.3 Å². The maximum absolute atomic E-state index is 12.2. The van der Waals surface area contributed by atoms with E-state index in [0.717, 1.165) is 11.1 Å². The fraction of sp³-hybridized carbons (Fsp3) is 0.176. The number of hydrazine groups is 1. The van der Waals surface area contributed by atoms with E-state index < -0.39 is 16.7 Å². The Morgan fingerprint density at radius 3 is 2.17 bits per heavy atom. The van der Waals surface area contributed by atoms with Gasteiger partial charge in [0.25, 0.3) is 17.5 Å². The summed E-state index contributed by atoms with van der Waals surface area (Å²) >= 11 is 0. The zero-order valence-corrected chi connectivity index (χ0v) is 13.5. The molecule has 0 saturated carbocycles. The van der Waals surface area contributed by atoms with E-state index in [1.165, 1.54) is 25.1 Å². The molecule has 0 radical (unpaired) electrons. The van der Waals surface area contributed by atoms with Crippen molar-refractivity contribution in [2.24, 2.45) is 0 Å². The highest BCUT2D eigenvalue weighted by atomic mass is 16.6. The Hall–Kier alpha value is -3.22. The Balaban J connectivity index is 2.12. The van der Waals surface area contributed by atoms with Gasteiger partial charge >= 0.3 is 0 Å². The van der Waals surface area contributed by atoms with Gasteiger partial charge in [0.15, 0.2) is 0 Å². The molecule has 0 aliphatic carbocycles. The van der Waals surface area contributed by atoms with Gasteiger partial charge in [0.05, 0.1) is 10.5 Å². The first kappa shape index (κ1) is 17.1. The van der Waals surface area contributed by atoms with E-state index in [4.69, 9.17) is 0 Å². The SMILES string of the molecule is Cc1ccc(C(=O)NNC(=O)c2cccc([N+](=O)[O-])c2C)c(C)c1. The second-order valence-electron chi connectivity index (χ2n) is 5.43. The van der Waals surface area contributed by atoms with Crippen molar-refractivity contribution in [3.8, 4) is 0 Å². The number of rotatable bonds is 3. The van der Waals surface area contributed by atoms with Crippen LogP contribution >= 0.6 is 0 Å². The van der Waals surface area contributed by atoms with Crippen LogP contribution in [0.1, 0.15) is 37.4 Å².